The summed E-state index contributed by atoms with van der Waals surface area (Å²) in [7, 11) is 0. The lowest BCUT2D eigenvalue weighted by atomic mass is 9.93. The number of benzene rings is 3. The van der Waals surface area contributed by atoms with Crippen molar-refractivity contribution in [2.75, 3.05) is 5.73 Å². The van der Waals surface area contributed by atoms with Crippen molar-refractivity contribution in [2.45, 2.75) is 13.2 Å². The molecule has 4 rings (SSSR count). The standard InChI is InChI=1S/C20H16N2O3/c21-17-9-8-16-18-14(17)2-1-3-15(18)19(24)22(20(16)25)10-12-4-6-13(11-23)7-5-12/h1-9,23H,10-11,21H2. The maximum Gasteiger partial charge on any atom is 0.261 e. The van der Waals surface area contributed by atoms with Gasteiger partial charge in [0, 0.05) is 27.6 Å². The summed E-state index contributed by atoms with van der Waals surface area (Å²) in [4.78, 5) is 27.0. The van der Waals surface area contributed by atoms with E-state index in [4.69, 9.17) is 10.8 Å². The van der Waals surface area contributed by atoms with Gasteiger partial charge in [0.2, 0.25) is 0 Å². The molecule has 5 nitrogen and oxygen atoms in total. The zero-order valence-electron chi connectivity index (χ0n) is 13.4. The molecule has 25 heavy (non-hydrogen) atoms. The lowest BCUT2D eigenvalue weighted by molar-refractivity contribution is 0.0598. The van der Waals surface area contributed by atoms with Crippen LogP contribution in [0, 0.1) is 0 Å². The summed E-state index contributed by atoms with van der Waals surface area (Å²) in [6, 6.07) is 15.9. The molecule has 0 saturated carbocycles. The molecular weight excluding hydrogens is 316 g/mol. The zero-order valence-corrected chi connectivity index (χ0v) is 13.4. The van der Waals surface area contributed by atoms with Crippen molar-refractivity contribution in [2.24, 2.45) is 0 Å². The first-order valence-corrected chi connectivity index (χ1v) is 7.96. The third-order valence-electron chi connectivity index (χ3n) is 4.57. The second kappa shape index (κ2) is 5.72. The van der Waals surface area contributed by atoms with Gasteiger partial charge in [-0.3, -0.25) is 14.5 Å². The maximum atomic E-state index is 12.9. The first-order valence-electron chi connectivity index (χ1n) is 7.96. The number of aliphatic hydroxyl groups is 1. The number of nitrogens with zero attached hydrogens (tertiary/aromatic N) is 1. The Balaban J connectivity index is 1.78. The fraction of sp³-hybridized carbons (Fsp3) is 0.100. The number of nitrogens with two attached hydrogens (primary N) is 1. The average Bonchev–Trinajstić information content (AvgIpc) is 2.65. The molecule has 0 saturated heterocycles. The zero-order chi connectivity index (χ0) is 17.6. The number of anilines is 1. The fourth-order valence-corrected chi connectivity index (χ4v) is 3.25. The molecular formula is C20H16N2O3. The molecule has 0 aromatic heterocycles. The van der Waals surface area contributed by atoms with Crippen molar-refractivity contribution in [3.8, 4) is 0 Å². The number of rotatable bonds is 3. The third-order valence-corrected chi connectivity index (χ3v) is 4.57. The molecule has 0 spiro atoms. The number of carbonyl (C=O) groups is 2. The van der Waals surface area contributed by atoms with E-state index in [-0.39, 0.29) is 25.0 Å². The molecule has 0 unspecified atom stereocenters. The Hall–Kier alpha value is -3.18. The van der Waals surface area contributed by atoms with Crippen LogP contribution in [-0.2, 0) is 13.2 Å². The van der Waals surface area contributed by atoms with E-state index in [1.165, 1.54) is 4.90 Å². The van der Waals surface area contributed by atoms with Crippen LogP contribution in [-0.4, -0.2) is 21.8 Å². The Bertz CT molecular complexity index is 987. The molecule has 124 valence electrons. The molecule has 3 N–H and O–H groups in total. The van der Waals surface area contributed by atoms with Gasteiger partial charge in [-0.1, -0.05) is 36.4 Å². The first kappa shape index (κ1) is 15.4. The monoisotopic (exact) mass is 332 g/mol. The normalized spacial score (nSPS) is 13.6. The molecule has 2 amide bonds. The minimum atomic E-state index is -0.320. The topological polar surface area (TPSA) is 83.6 Å². The fourth-order valence-electron chi connectivity index (χ4n) is 3.25. The number of nitrogen functional groups attached to an aromatic ring is 1. The number of amides is 2. The van der Waals surface area contributed by atoms with Crippen molar-refractivity contribution in [3.63, 3.8) is 0 Å². The van der Waals surface area contributed by atoms with E-state index in [0.717, 1.165) is 16.5 Å². The molecule has 0 aliphatic carbocycles. The van der Waals surface area contributed by atoms with Crippen LogP contribution < -0.4 is 5.73 Å². The number of aliphatic hydroxyl groups excluding tert-OH is 1. The van der Waals surface area contributed by atoms with Crippen LogP contribution in [0.5, 0.6) is 0 Å². The van der Waals surface area contributed by atoms with E-state index in [0.29, 0.717) is 22.2 Å². The predicted octanol–water partition coefficient (Wildman–Crippen LogP) is 2.71. The van der Waals surface area contributed by atoms with Crippen LogP contribution in [0.4, 0.5) is 5.69 Å². The Morgan fingerprint density at radius 1 is 0.840 bits per heavy atom. The van der Waals surface area contributed by atoms with Crippen molar-refractivity contribution in [3.05, 3.63) is 76.9 Å². The van der Waals surface area contributed by atoms with Gasteiger partial charge in [-0.05, 0) is 29.3 Å². The van der Waals surface area contributed by atoms with Crippen LogP contribution in [0.25, 0.3) is 10.8 Å². The van der Waals surface area contributed by atoms with Gasteiger partial charge in [0.15, 0.2) is 0 Å². The van der Waals surface area contributed by atoms with Gasteiger partial charge in [-0.25, -0.2) is 0 Å². The van der Waals surface area contributed by atoms with Crippen molar-refractivity contribution in [1.82, 2.24) is 4.90 Å². The van der Waals surface area contributed by atoms with E-state index in [9.17, 15) is 9.59 Å². The van der Waals surface area contributed by atoms with Crippen LogP contribution in [0.15, 0.2) is 54.6 Å². The molecule has 3 aromatic carbocycles. The summed E-state index contributed by atoms with van der Waals surface area (Å²) >= 11 is 0. The molecule has 1 aliphatic rings. The highest BCUT2D eigenvalue weighted by atomic mass is 16.3. The van der Waals surface area contributed by atoms with Gasteiger partial charge in [0.05, 0.1) is 13.2 Å². The molecule has 1 heterocycles. The van der Waals surface area contributed by atoms with Crippen LogP contribution >= 0.6 is 0 Å². The number of imide groups is 1. The molecule has 1 aliphatic heterocycles. The largest absolute Gasteiger partial charge is 0.398 e. The van der Waals surface area contributed by atoms with E-state index >= 15 is 0 Å². The van der Waals surface area contributed by atoms with Crippen LogP contribution in [0.2, 0.25) is 0 Å². The minimum absolute atomic E-state index is 0.0430. The van der Waals surface area contributed by atoms with Gasteiger partial charge in [0.1, 0.15) is 0 Å². The molecule has 0 bridgehead atoms. The van der Waals surface area contributed by atoms with Crippen molar-refractivity contribution in [1.29, 1.82) is 0 Å². The van der Waals surface area contributed by atoms with E-state index < -0.39 is 0 Å². The second-order valence-electron chi connectivity index (χ2n) is 6.10. The Kier molecular flexibility index (Phi) is 3.51. The molecule has 0 atom stereocenters. The molecule has 0 fully saturated rings. The van der Waals surface area contributed by atoms with Gasteiger partial charge in [-0.2, -0.15) is 0 Å². The summed E-state index contributed by atoms with van der Waals surface area (Å²) in [5.41, 5.74) is 9.13. The summed E-state index contributed by atoms with van der Waals surface area (Å²) in [5.74, 6) is -0.639. The Morgan fingerprint density at radius 2 is 1.48 bits per heavy atom. The van der Waals surface area contributed by atoms with E-state index in [1.807, 2.05) is 18.2 Å². The summed E-state index contributed by atoms with van der Waals surface area (Å²) in [5, 5.41) is 10.5. The minimum Gasteiger partial charge on any atom is -0.398 e. The molecule has 5 heteroatoms. The predicted molar refractivity (Wildman–Crippen MR) is 94.9 cm³/mol. The number of hydrogen-bond donors (Lipinski definition) is 2. The quantitative estimate of drug-likeness (QED) is 0.570. The van der Waals surface area contributed by atoms with Crippen LogP contribution in [0.1, 0.15) is 31.8 Å². The number of carbonyl (C=O) groups excluding carboxylic acids is 2. The van der Waals surface area contributed by atoms with Crippen molar-refractivity contribution < 1.29 is 14.7 Å². The average molecular weight is 332 g/mol. The SMILES string of the molecule is Nc1ccc2c3c(cccc13)C(=O)N(Cc1ccc(CO)cc1)C2=O. The highest BCUT2D eigenvalue weighted by Crippen LogP contribution is 2.33. The highest BCUT2D eigenvalue weighted by molar-refractivity contribution is 6.26. The third kappa shape index (κ3) is 2.37. The Morgan fingerprint density at radius 3 is 2.16 bits per heavy atom. The summed E-state index contributed by atoms with van der Waals surface area (Å²) in [6.45, 7) is 0.141. The summed E-state index contributed by atoms with van der Waals surface area (Å²) < 4.78 is 0. The first-order chi connectivity index (χ1) is 12.1. The van der Waals surface area contributed by atoms with Crippen molar-refractivity contribution >= 4 is 28.3 Å². The summed E-state index contributed by atoms with van der Waals surface area (Å²) in [6.07, 6.45) is 0. The van der Waals surface area contributed by atoms with Gasteiger partial charge in [-0.15, -0.1) is 0 Å². The Labute approximate surface area is 144 Å². The van der Waals surface area contributed by atoms with E-state index in [1.54, 1.807) is 36.4 Å². The van der Waals surface area contributed by atoms with Gasteiger partial charge < -0.3 is 10.8 Å². The van der Waals surface area contributed by atoms with Crippen LogP contribution in [0.3, 0.4) is 0 Å². The lowest BCUT2D eigenvalue weighted by Gasteiger charge is -2.27. The number of hydrogen-bond acceptors (Lipinski definition) is 4. The van der Waals surface area contributed by atoms with Gasteiger partial charge in [0.25, 0.3) is 11.8 Å². The smallest absolute Gasteiger partial charge is 0.261 e. The maximum absolute atomic E-state index is 12.9. The highest BCUT2D eigenvalue weighted by Gasteiger charge is 2.33. The molecule has 3 aromatic rings. The van der Waals surface area contributed by atoms with Gasteiger partial charge >= 0.3 is 0 Å². The second-order valence-corrected chi connectivity index (χ2v) is 6.10. The molecule has 0 radical (unpaired) electrons. The van der Waals surface area contributed by atoms with E-state index in [2.05, 4.69) is 0 Å². The lowest BCUT2D eigenvalue weighted by Crippen LogP contribution is -2.39.